The molecule has 0 spiro atoms. The van der Waals surface area contributed by atoms with Gasteiger partial charge in [-0.05, 0) is 223 Å². The maximum atomic E-state index is 16.2. The first kappa shape index (κ1) is 112. The maximum Gasteiger partial charge on any atom is 0.307 e. The van der Waals surface area contributed by atoms with Crippen molar-refractivity contribution in [2.45, 2.75) is 329 Å². The number of hydrogen-bond donors (Lipinski definition) is 0. The van der Waals surface area contributed by atoms with E-state index in [1.807, 2.05) is 109 Å². The van der Waals surface area contributed by atoms with E-state index < -0.39 is 160 Å². The van der Waals surface area contributed by atoms with E-state index in [9.17, 15) is 43.2 Å². The van der Waals surface area contributed by atoms with Gasteiger partial charge in [-0.25, -0.2) is 60.2 Å². The zero-order valence-electron chi connectivity index (χ0n) is 84.0. The quantitative estimate of drug-likeness (QED) is 0.0621. The van der Waals surface area contributed by atoms with Gasteiger partial charge >= 0.3 is 17.9 Å². The van der Waals surface area contributed by atoms with Crippen LogP contribution in [0.1, 0.15) is 275 Å². The number of alkyl halides is 6. The van der Waals surface area contributed by atoms with Gasteiger partial charge < -0.3 is 71.7 Å². The first-order chi connectivity index (χ1) is 64.5. The summed E-state index contributed by atoms with van der Waals surface area (Å²) in [5, 5.41) is 1.57. The van der Waals surface area contributed by atoms with Gasteiger partial charge in [-0.1, -0.05) is 127 Å². The van der Waals surface area contributed by atoms with Gasteiger partial charge in [-0.15, -0.1) is 0 Å². The van der Waals surface area contributed by atoms with Gasteiger partial charge in [0.1, 0.15) is 52.4 Å². The Bertz CT molecular complexity index is 5490. The minimum absolute atomic E-state index is 0. The molecule has 10 aliphatic rings. The summed E-state index contributed by atoms with van der Waals surface area (Å²) in [5.74, 6) is -14.2. The zero-order chi connectivity index (χ0) is 99.4. The largest absolute Gasteiger partial charge is 0.540 e. The van der Waals surface area contributed by atoms with E-state index in [1.54, 1.807) is 68.4 Å². The van der Waals surface area contributed by atoms with E-state index in [-0.39, 0.29) is 184 Å². The fraction of sp³-hybridized carbons (Fsp3) is 0.664. The Morgan fingerprint density at radius 3 is 1.06 bits per heavy atom. The smallest absolute Gasteiger partial charge is 0.307 e. The molecule has 6 aromatic rings. The van der Waals surface area contributed by atoms with Crippen LogP contribution in [0.2, 0.25) is 0 Å². The molecule has 3 aromatic heterocycles. The summed E-state index contributed by atoms with van der Waals surface area (Å²) in [5.41, 5.74) is -3.68. The van der Waals surface area contributed by atoms with E-state index in [0.717, 1.165) is 38.5 Å². The number of carbonyl (C=O) groups excluding carboxylic acids is 9. The predicted molar refractivity (Wildman–Crippen MR) is 501 cm³/mol. The Kier molecular flexibility index (Phi) is 35.6. The summed E-state index contributed by atoms with van der Waals surface area (Å²) >= 11 is 0. The molecule has 6 bridgehead atoms. The van der Waals surface area contributed by atoms with E-state index in [2.05, 4.69) is 15.0 Å². The second kappa shape index (κ2) is 44.4. The number of esters is 3. The monoisotopic (exact) mass is 2060 g/mol. The van der Waals surface area contributed by atoms with Gasteiger partial charge in [0.05, 0.1) is 111 Å². The summed E-state index contributed by atoms with van der Waals surface area (Å²) in [7, 11) is 4.55. The molecular formula is C107H137F6N6O18V3-3. The van der Waals surface area contributed by atoms with Gasteiger partial charge in [0.15, 0.2) is 0 Å². The normalized spacial score (nSPS) is 31.6. The van der Waals surface area contributed by atoms with Crippen LogP contribution >= 0.6 is 0 Å². The number of aromatic nitrogens is 3. The summed E-state index contributed by atoms with van der Waals surface area (Å²) in [6.07, 6.45) is 13.6. The summed E-state index contributed by atoms with van der Waals surface area (Å²) < 4.78 is 150. The topological polar surface area (TPSA) is 285 Å². The molecule has 6 aliphatic heterocycles. The van der Waals surface area contributed by atoms with Crippen molar-refractivity contribution in [2.24, 2.45) is 81.3 Å². The number of nitrogens with zero attached hydrogens (tertiary/aromatic N) is 6. The number of amides is 3. The average molecular weight is 2060 g/mol. The van der Waals surface area contributed by atoms with E-state index in [1.165, 1.54) is 54.2 Å². The third kappa shape index (κ3) is 24.1. The Balaban J connectivity index is 0.000000199. The molecule has 20 atom stereocenters. The van der Waals surface area contributed by atoms with E-state index >= 15 is 26.3 Å². The van der Waals surface area contributed by atoms with Crippen molar-refractivity contribution in [1.82, 2.24) is 29.7 Å². The fourth-order valence-corrected chi connectivity index (χ4v) is 23.4. The molecule has 3 radical (unpaired) electrons. The number of benzene rings is 3. The van der Waals surface area contributed by atoms with Crippen LogP contribution in [0.4, 0.5) is 26.3 Å². The molecule has 7 fully saturated rings. The molecule has 2 unspecified atom stereocenters. The minimum atomic E-state index is -3.25. The van der Waals surface area contributed by atoms with Crippen LogP contribution in [0, 0.1) is 81.3 Å². The molecule has 3 saturated heterocycles. The first-order valence-electron chi connectivity index (χ1n) is 49.3. The van der Waals surface area contributed by atoms with Crippen molar-refractivity contribution >= 4 is 87.2 Å². The number of pyridine rings is 3. The molecule has 16 rings (SSSR count). The van der Waals surface area contributed by atoms with Crippen LogP contribution < -0.4 is 28.4 Å². The maximum absolute atomic E-state index is 16.2. The number of carbonyl (C=O) groups is 6. The van der Waals surface area contributed by atoms with Gasteiger partial charge in [0.25, 0.3) is 17.8 Å². The van der Waals surface area contributed by atoms with Crippen molar-refractivity contribution in [3.63, 3.8) is 0 Å². The van der Waals surface area contributed by atoms with Gasteiger partial charge in [0.2, 0.25) is 35.4 Å². The van der Waals surface area contributed by atoms with Crippen molar-refractivity contribution in [3.05, 3.63) is 89.5 Å². The molecular weight excluding hydrogens is 1920 g/mol. The number of methoxy groups -OCH3 is 3. The summed E-state index contributed by atoms with van der Waals surface area (Å²) in [6, 6.07) is 16.5. The molecule has 4 saturated carbocycles. The number of rotatable bonds is 7. The van der Waals surface area contributed by atoms with E-state index in [0.29, 0.717) is 120 Å². The third-order valence-electron chi connectivity index (χ3n) is 32.0. The van der Waals surface area contributed by atoms with Crippen LogP contribution in [-0.4, -0.2) is 178 Å². The van der Waals surface area contributed by atoms with Crippen molar-refractivity contribution < 1.29 is 168 Å². The molecule has 0 N–H and O–H groups in total. The number of fused-ring (bicyclic) bond motifs is 17. The van der Waals surface area contributed by atoms with Gasteiger partial charge in [-0.3, -0.25) is 28.8 Å². The van der Waals surface area contributed by atoms with Crippen molar-refractivity contribution in [1.29, 1.82) is 0 Å². The Morgan fingerprint density at radius 1 is 0.421 bits per heavy atom. The molecule has 33 heteroatoms. The molecule has 763 valence electrons. The number of hydrogen-bond acceptors (Lipinski definition) is 21. The SMILES string of the molecule is CC[C@@H]1[C@@H]2CN(C(=O)[C@H](C(C)(C)C)CC(=O)O[C@]3(C)CCC[C@H]3CCCCC(F)(F)c3cc4ccc(OC)cc4nc3O2)[C@@H]1[C-]=O.COc1ccc2cc3c(nc2c1)O[C@H]1CN(C(=O)[C@H](C(C)(C)C)CC(=O)O[C@]2(C)CC4CC4[C@H]2CCCCC3(F)F)[C@H]([C-]=O)[C@@H]1C.COc1ccc2cc3c(nc2c1)O[C@H]1CN(C(=O)[C@H](C(C)(C)C)CC(=O)O[C@]2(C)CCC[C@H]2CCCCC3(F)F)[C@H]([C-]=O)[C@@H]1C.[V].[V].[V]. The summed E-state index contributed by atoms with van der Waals surface area (Å²) in [6.45, 7) is 28.0. The van der Waals surface area contributed by atoms with Crippen LogP contribution in [0.15, 0.2) is 72.8 Å². The second-order valence-electron chi connectivity index (χ2n) is 44.3. The molecule has 24 nitrogen and oxygen atoms in total. The van der Waals surface area contributed by atoms with Crippen LogP contribution in [-0.2, 0) is 131 Å². The first-order valence-corrected chi connectivity index (χ1v) is 49.3. The number of ether oxygens (including phenoxy) is 9. The Morgan fingerprint density at radius 2 is 0.736 bits per heavy atom. The standard InChI is InChI=1S/C36H45F2N2O6.C36H47F2N2O6.C35H45F2N2O6.3V/c1-20-29(19-41)40-18-30(20)45-32-26(14-21-10-11-23(44-6)15-28(21)39-32)36(37,38)12-8-7-9-25-24-13-22(24)17-35(25,5)46-31(42)16-27(33(40)43)34(2,3)4;1-7-25-29(21-41)40-20-30(25)45-32-26(17-22-13-14-24(44-6)18-28(22)39-32)36(37,38)16-9-8-11-23-12-10-15-35(23,5)46-31(42)19-27(33(40)43)34(2,3)4;1-21-28(20-40)39-19-29(21)44-31-25(16-22-12-13-24(43-6)17-27(22)38-31)35(36,37)15-8-7-10-23-11-9-14-34(23,5)45-30(41)18-26(32(39)42)33(2,3)4;;;/h10-11,14-15,20,22,24-25,27,29-30H,7-9,12-13,16-18H2,1-6H3;13-14,17-18,23,25,27,29-30H,7-12,15-16,19-20H2,1-6H3;12-13,16-17,21,23,26,28-29H,7-11,14-15,18-19H2,1-6H3;;;/q3*-1;;;/t20-,22?,24?,25+,27+,29+,30-,35+;23-,25+,27-,29-,30+,35-;21-,23+,26+,28+,29-,34+;;;/m010.../s1. The Hall–Kier alpha value is -8.15. The molecule has 3 amide bonds. The minimum Gasteiger partial charge on any atom is -0.540 e. The van der Waals surface area contributed by atoms with E-state index in [4.69, 9.17) is 42.6 Å². The van der Waals surface area contributed by atoms with Crippen LogP contribution in [0.25, 0.3) is 32.7 Å². The number of halogens is 6. The van der Waals surface area contributed by atoms with Gasteiger partial charge in [0, 0.05) is 115 Å². The second-order valence-corrected chi connectivity index (χ2v) is 44.3. The molecule has 3 aromatic carbocycles. The summed E-state index contributed by atoms with van der Waals surface area (Å²) in [4.78, 5) is 138. The van der Waals surface area contributed by atoms with Gasteiger partial charge in [-0.2, -0.15) is 0 Å². The van der Waals surface area contributed by atoms with Crippen LogP contribution in [0.3, 0.4) is 0 Å². The zero-order valence-corrected chi connectivity index (χ0v) is 88.2. The molecule has 140 heavy (non-hydrogen) atoms. The van der Waals surface area contributed by atoms with Crippen molar-refractivity contribution in [3.8, 4) is 34.9 Å². The fourth-order valence-electron chi connectivity index (χ4n) is 23.4. The van der Waals surface area contributed by atoms with Crippen LogP contribution in [0.5, 0.6) is 34.9 Å². The Labute approximate surface area is 854 Å². The average Bonchev–Trinajstić information content (AvgIpc) is 1.56. The third-order valence-corrected chi connectivity index (χ3v) is 32.0. The predicted octanol–water partition coefficient (Wildman–Crippen LogP) is 20.5. The molecule has 9 heterocycles. The molecule has 4 aliphatic carbocycles. The van der Waals surface area contributed by atoms with Crippen molar-refractivity contribution in [2.75, 3.05) is 41.0 Å².